The molecule has 1 aromatic rings. The summed E-state index contributed by atoms with van der Waals surface area (Å²) in [6.45, 7) is 3.81. The van der Waals surface area contributed by atoms with Gasteiger partial charge in [0.2, 0.25) is 0 Å². The van der Waals surface area contributed by atoms with Crippen molar-refractivity contribution in [1.82, 2.24) is 10.6 Å². The summed E-state index contributed by atoms with van der Waals surface area (Å²) in [4.78, 5) is 4.14. The van der Waals surface area contributed by atoms with Crippen LogP contribution >= 0.6 is 24.0 Å². The average molecular weight is 377 g/mol. The molecule has 1 atom stereocenters. The Hall–Kier alpha value is -0.820. The molecule has 0 heterocycles. The van der Waals surface area contributed by atoms with E-state index in [2.05, 4.69) is 22.5 Å². The van der Waals surface area contributed by atoms with E-state index in [0.29, 0.717) is 6.54 Å². The van der Waals surface area contributed by atoms with Crippen LogP contribution in [0.2, 0.25) is 0 Å². The number of rotatable bonds is 6. The molecular formula is C14H24IN3O. The predicted octanol–water partition coefficient (Wildman–Crippen LogP) is 1.96. The normalized spacial score (nSPS) is 12.5. The van der Waals surface area contributed by atoms with Crippen molar-refractivity contribution in [2.75, 3.05) is 26.7 Å². The quantitative estimate of drug-likeness (QED) is 0.404. The third-order valence-electron chi connectivity index (χ3n) is 2.77. The Morgan fingerprint density at radius 1 is 1.26 bits per heavy atom. The molecule has 4 nitrogen and oxygen atoms in total. The summed E-state index contributed by atoms with van der Waals surface area (Å²) in [6.07, 6.45) is 1.06. The number of aliphatic hydroxyl groups is 1. The van der Waals surface area contributed by atoms with E-state index < -0.39 is 0 Å². The van der Waals surface area contributed by atoms with Gasteiger partial charge in [0, 0.05) is 26.1 Å². The number of halogens is 1. The van der Waals surface area contributed by atoms with Gasteiger partial charge in [-0.15, -0.1) is 24.0 Å². The molecular weight excluding hydrogens is 353 g/mol. The van der Waals surface area contributed by atoms with Crippen LogP contribution in [0.15, 0.2) is 35.3 Å². The van der Waals surface area contributed by atoms with Crippen molar-refractivity contribution in [1.29, 1.82) is 0 Å². The summed E-state index contributed by atoms with van der Waals surface area (Å²) in [5.74, 6) is 0.873. The molecule has 0 amide bonds. The van der Waals surface area contributed by atoms with Crippen LogP contribution in [0.4, 0.5) is 0 Å². The first-order chi connectivity index (χ1) is 8.81. The second-order valence-corrected chi connectivity index (χ2v) is 4.17. The largest absolute Gasteiger partial charge is 0.396 e. The molecule has 1 aromatic carbocycles. The van der Waals surface area contributed by atoms with Crippen LogP contribution in [0.3, 0.4) is 0 Å². The lowest BCUT2D eigenvalue weighted by molar-refractivity contribution is 0.265. The number of aliphatic imine (C=N–C) groups is 1. The molecule has 0 radical (unpaired) electrons. The highest BCUT2D eigenvalue weighted by molar-refractivity contribution is 14.0. The number of nitrogens with zero attached hydrogens (tertiary/aromatic N) is 1. The number of hydrogen-bond acceptors (Lipinski definition) is 2. The molecule has 0 saturated heterocycles. The monoisotopic (exact) mass is 377 g/mol. The maximum Gasteiger partial charge on any atom is 0.190 e. The van der Waals surface area contributed by atoms with Crippen LogP contribution in [0, 0.1) is 0 Å². The number of aliphatic hydroxyl groups excluding tert-OH is 1. The summed E-state index contributed by atoms with van der Waals surface area (Å²) < 4.78 is 0. The van der Waals surface area contributed by atoms with Crippen molar-refractivity contribution in [2.45, 2.75) is 19.3 Å². The number of benzene rings is 1. The minimum atomic E-state index is 0. The molecule has 0 saturated carbocycles. The van der Waals surface area contributed by atoms with E-state index in [1.165, 1.54) is 0 Å². The molecule has 0 aliphatic heterocycles. The Labute approximate surface area is 132 Å². The van der Waals surface area contributed by atoms with Crippen molar-refractivity contribution < 1.29 is 5.11 Å². The van der Waals surface area contributed by atoms with Gasteiger partial charge in [0.05, 0.1) is 6.61 Å². The van der Waals surface area contributed by atoms with Crippen LogP contribution in [0.5, 0.6) is 0 Å². The highest BCUT2D eigenvalue weighted by Gasteiger charge is 2.10. The van der Waals surface area contributed by atoms with Gasteiger partial charge >= 0.3 is 0 Å². The Morgan fingerprint density at radius 2 is 1.95 bits per heavy atom. The van der Waals surface area contributed by atoms with E-state index in [-0.39, 0.29) is 36.5 Å². The first-order valence-electron chi connectivity index (χ1n) is 6.42. The van der Waals surface area contributed by atoms with Crippen molar-refractivity contribution in [3.05, 3.63) is 35.9 Å². The molecule has 5 heteroatoms. The highest BCUT2D eigenvalue weighted by Crippen LogP contribution is 2.13. The standard InChI is InChI=1S/C14H23N3O.HI/c1-3-9-16-14(15-2)17-10-13(11-18)12-7-5-4-6-8-12;/h4-8,13,18H,3,9-11H2,1-2H3,(H2,15,16,17);1H. The van der Waals surface area contributed by atoms with Crippen LogP contribution < -0.4 is 10.6 Å². The van der Waals surface area contributed by atoms with E-state index in [1.54, 1.807) is 7.05 Å². The fourth-order valence-corrected chi connectivity index (χ4v) is 1.70. The molecule has 0 aliphatic rings. The zero-order valence-electron chi connectivity index (χ0n) is 11.6. The van der Waals surface area contributed by atoms with E-state index in [9.17, 15) is 5.11 Å². The van der Waals surface area contributed by atoms with Crippen LogP contribution in [0.1, 0.15) is 24.8 Å². The Morgan fingerprint density at radius 3 is 2.47 bits per heavy atom. The van der Waals surface area contributed by atoms with E-state index in [1.807, 2.05) is 30.3 Å². The van der Waals surface area contributed by atoms with E-state index in [4.69, 9.17) is 0 Å². The van der Waals surface area contributed by atoms with Gasteiger partial charge in [-0.25, -0.2) is 0 Å². The molecule has 3 N–H and O–H groups in total. The summed E-state index contributed by atoms with van der Waals surface area (Å²) in [6, 6.07) is 10.0. The average Bonchev–Trinajstić information content (AvgIpc) is 2.44. The van der Waals surface area contributed by atoms with Crippen LogP contribution in [-0.2, 0) is 0 Å². The third-order valence-corrected chi connectivity index (χ3v) is 2.77. The molecule has 108 valence electrons. The minimum absolute atomic E-state index is 0. The zero-order chi connectivity index (χ0) is 13.2. The number of nitrogens with one attached hydrogen (secondary N) is 2. The predicted molar refractivity (Wildman–Crippen MR) is 91.3 cm³/mol. The maximum atomic E-state index is 9.44. The summed E-state index contributed by atoms with van der Waals surface area (Å²) >= 11 is 0. The maximum absolute atomic E-state index is 9.44. The molecule has 1 unspecified atom stereocenters. The van der Waals surface area contributed by atoms with Gasteiger partial charge < -0.3 is 15.7 Å². The van der Waals surface area contributed by atoms with Gasteiger partial charge in [-0.2, -0.15) is 0 Å². The second-order valence-electron chi connectivity index (χ2n) is 4.17. The summed E-state index contributed by atoms with van der Waals surface area (Å²) in [5.41, 5.74) is 1.14. The van der Waals surface area contributed by atoms with E-state index in [0.717, 1.165) is 24.5 Å². The first-order valence-corrected chi connectivity index (χ1v) is 6.42. The first kappa shape index (κ1) is 18.2. The highest BCUT2D eigenvalue weighted by atomic mass is 127. The SMILES string of the molecule is CCCNC(=NC)NCC(CO)c1ccccc1.I. The van der Waals surface area contributed by atoms with Gasteiger partial charge in [-0.3, -0.25) is 4.99 Å². The van der Waals surface area contributed by atoms with Gasteiger partial charge in [0.1, 0.15) is 0 Å². The van der Waals surface area contributed by atoms with Crippen LogP contribution in [-0.4, -0.2) is 37.8 Å². The van der Waals surface area contributed by atoms with Gasteiger partial charge in [-0.1, -0.05) is 37.3 Å². The minimum Gasteiger partial charge on any atom is -0.396 e. The fourth-order valence-electron chi connectivity index (χ4n) is 1.70. The zero-order valence-corrected chi connectivity index (χ0v) is 13.9. The lowest BCUT2D eigenvalue weighted by Crippen LogP contribution is -2.40. The van der Waals surface area contributed by atoms with Crippen molar-refractivity contribution >= 4 is 29.9 Å². The Bertz CT molecular complexity index is 357. The van der Waals surface area contributed by atoms with Gasteiger partial charge in [-0.05, 0) is 12.0 Å². The van der Waals surface area contributed by atoms with Gasteiger partial charge in [0.25, 0.3) is 0 Å². The Balaban J connectivity index is 0.00000324. The molecule has 1 rings (SSSR count). The molecule has 19 heavy (non-hydrogen) atoms. The number of hydrogen-bond donors (Lipinski definition) is 3. The topological polar surface area (TPSA) is 56.7 Å². The van der Waals surface area contributed by atoms with Gasteiger partial charge in [0.15, 0.2) is 5.96 Å². The Kier molecular flexibility index (Phi) is 10.6. The summed E-state index contributed by atoms with van der Waals surface area (Å²) in [5, 5.41) is 15.9. The fraction of sp³-hybridized carbons (Fsp3) is 0.500. The van der Waals surface area contributed by atoms with Crippen molar-refractivity contribution in [3.63, 3.8) is 0 Å². The molecule has 0 bridgehead atoms. The molecule has 0 fully saturated rings. The lowest BCUT2D eigenvalue weighted by Gasteiger charge is -2.17. The summed E-state index contributed by atoms with van der Waals surface area (Å²) in [7, 11) is 1.75. The molecule has 0 aliphatic carbocycles. The smallest absolute Gasteiger partial charge is 0.190 e. The van der Waals surface area contributed by atoms with E-state index >= 15 is 0 Å². The van der Waals surface area contributed by atoms with Crippen molar-refractivity contribution in [2.24, 2.45) is 4.99 Å². The van der Waals surface area contributed by atoms with Crippen LogP contribution in [0.25, 0.3) is 0 Å². The molecule has 0 aromatic heterocycles. The third kappa shape index (κ3) is 6.77. The second kappa shape index (κ2) is 11.0. The lowest BCUT2D eigenvalue weighted by atomic mass is 10.0. The number of guanidine groups is 1. The van der Waals surface area contributed by atoms with Crippen molar-refractivity contribution in [3.8, 4) is 0 Å². The molecule has 0 spiro atoms.